The number of piperidine rings is 1. The van der Waals surface area contributed by atoms with Gasteiger partial charge in [0.25, 0.3) is 0 Å². The van der Waals surface area contributed by atoms with Gasteiger partial charge in [-0.25, -0.2) is 4.79 Å². The smallest absolute Gasteiger partial charge is 0.409 e. The van der Waals surface area contributed by atoms with Crippen LogP contribution in [0.3, 0.4) is 0 Å². The Morgan fingerprint density at radius 3 is 2.81 bits per heavy atom. The Hall–Kier alpha value is -0.770. The van der Waals surface area contributed by atoms with Gasteiger partial charge < -0.3 is 15.4 Å². The van der Waals surface area contributed by atoms with E-state index in [1.54, 1.807) is 4.90 Å². The lowest BCUT2D eigenvalue weighted by atomic mass is 9.87. The molecule has 1 rings (SSSR count). The summed E-state index contributed by atoms with van der Waals surface area (Å²) in [6.07, 6.45) is 0.845. The van der Waals surface area contributed by atoms with Crippen molar-refractivity contribution >= 4 is 6.09 Å². The minimum absolute atomic E-state index is 0.181. The number of likely N-dealkylation sites (tertiary alicyclic amines) is 1. The molecule has 0 bridgehead atoms. The number of carbonyl (C=O) groups excluding carboxylic acids is 1. The summed E-state index contributed by atoms with van der Waals surface area (Å²) in [6, 6.07) is 0. The van der Waals surface area contributed by atoms with Crippen LogP contribution in [-0.4, -0.2) is 37.2 Å². The van der Waals surface area contributed by atoms with Crippen LogP contribution in [0.1, 0.15) is 27.2 Å². The van der Waals surface area contributed by atoms with Gasteiger partial charge in [0.1, 0.15) is 0 Å². The Kier molecular flexibility index (Phi) is 5.06. The maximum Gasteiger partial charge on any atom is 0.409 e. The zero-order chi connectivity index (χ0) is 12.1. The van der Waals surface area contributed by atoms with Gasteiger partial charge in [0.15, 0.2) is 0 Å². The Bertz CT molecular complexity index is 231. The lowest BCUT2D eigenvalue weighted by Gasteiger charge is -2.35. The second kappa shape index (κ2) is 6.09. The number of ether oxygens (including phenoxy) is 1. The largest absolute Gasteiger partial charge is 0.449 e. The van der Waals surface area contributed by atoms with Crippen molar-refractivity contribution in [2.75, 3.05) is 26.2 Å². The van der Waals surface area contributed by atoms with E-state index in [1.807, 2.05) is 13.8 Å². The van der Waals surface area contributed by atoms with Crippen LogP contribution >= 0.6 is 0 Å². The number of hydrogen-bond donors (Lipinski definition) is 1. The minimum atomic E-state index is -0.181. The average Bonchev–Trinajstić information content (AvgIpc) is 2.26. The molecule has 0 aliphatic carbocycles. The number of nitrogens with two attached hydrogens (primary N) is 1. The van der Waals surface area contributed by atoms with Gasteiger partial charge in [0.05, 0.1) is 6.61 Å². The molecule has 1 saturated heterocycles. The van der Waals surface area contributed by atoms with Crippen LogP contribution in [0.5, 0.6) is 0 Å². The van der Waals surface area contributed by atoms with Gasteiger partial charge in [-0.1, -0.05) is 20.8 Å². The predicted molar refractivity (Wildman–Crippen MR) is 64.1 cm³/mol. The number of hydrogen-bond acceptors (Lipinski definition) is 3. The van der Waals surface area contributed by atoms with Crippen molar-refractivity contribution in [2.24, 2.45) is 23.5 Å². The lowest BCUT2D eigenvalue weighted by molar-refractivity contribution is 0.0661. The second-order valence-electron chi connectivity index (χ2n) is 5.18. The number of nitrogens with zero attached hydrogens (tertiary/aromatic N) is 1. The van der Waals surface area contributed by atoms with Crippen LogP contribution in [0, 0.1) is 17.8 Å². The first-order chi connectivity index (χ1) is 7.54. The van der Waals surface area contributed by atoms with Gasteiger partial charge in [-0.3, -0.25) is 0 Å². The van der Waals surface area contributed by atoms with Gasteiger partial charge in [-0.15, -0.1) is 0 Å². The van der Waals surface area contributed by atoms with Gasteiger partial charge >= 0.3 is 6.09 Å². The highest BCUT2D eigenvalue weighted by Gasteiger charge is 2.28. The van der Waals surface area contributed by atoms with E-state index in [2.05, 4.69) is 6.92 Å². The van der Waals surface area contributed by atoms with E-state index in [0.29, 0.717) is 30.9 Å². The molecule has 2 atom stereocenters. The fourth-order valence-electron chi connectivity index (χ4n) is 1.95. The van der Waals surface area contributed by atoms with Crippen LogP contribution in [0.4, 0.5) is 4.79 Å². The Morgan fingerprint density at radius 1 is 1.56 bits per heavy atom. The van der Waals surface area contributed by atoms with E-state index in [0.717, 1.165) is 19.5 Å². The summed E-state index contributed by atoms with van der Waals surface area (Å²) < 4.78 is 5.22. The maximum atomic E-state index is 11.7. The molecule has 2 N–H and O–H groups in total. The summed E-state index contributed by atoms with van der Waals surface area (Å²) in [5.41, 5.74) is 5.70. The average molecular weight is 228 g/mol. The van der Waals surface area contributed by atoms with Gasteiger partial charge in [0, 0.05) is 13.1 Å². The molecule has 0 saturated carbocycles. The fraction of sp³-hybridized carbons (Fsp3) is 0.917. The van der Waals surface area contributed by atoms with Crippen molar-refractivity contribution in [1.29, 1.82) is 0 Å². The Labute approximate surface area is 98.1 Å². The van der Waals surface area contributed by atoms with E-state index in [1.165, 1.54) is 0 Å². The molecule has 16 heavy (non-hydrogen) atoms. The third kappa shape index (κ3) is 3.67. The topological polar surface area (TPSA) is 55.6 Å². The molecule has 94 valence electrons. The number of amides is 1. The zero-order valence-corrected chi connectivity index (χ0v) is 10.6. The minimum Gasteiger partial charge on any atom is -0.449 e. The molecular weight excluding hydrogens is 204 g/mol. The quantitative estimate of drug-likeness (QED) is 0.800. The van der Waals surface area contributed by atoms with Gasteiger partial charge in [-0.2, -0.15) is 0 Å². The van der Waals surface area contributed by atoms with E-state index in [-0.39, 0.29) is 6.09 Å². The molecule has 0 spiro atoms. The molecule has 4 heteroatoms. The van der Waals surface area contributed by atoms with E-state index in [4.69, 9.17) is 10.5 Å². The number of carbonyl (C=O) groups is 1. The van der Waals surface area contributed by atoms with Crippen LogP contribution in [0.25, 0.3) is 0 Å². The molecule has 0 aromatic rings. The van der Waals surface area contributed by atoms with Crippen LogP contribution < -0.4 is 5.73 Å². The molecule has 1 heterocycles. The molecular formula is C12H24N2O2. The number of rotatable bonds is 3. The normalized spacial score (nSPS) is 25.9. The van der Waals surface area contributed by atoms with Crippen LogP contribution in [0.2, 0.25) is 0 Å². The van der Waals surface area contributed by atoms with E-state index >= 15 is 0 Å². The van der Waals surface area contributed by atoms with Crippen LogP contribution in [-0.2, 0) is 4.74 Å². The summed E-state index contributed by atoms with van der Waals surface area (Å²) in [6.45, 7) is 8.97. The van der Waals surface area contributed by atoms with Crippen molar-refractivity contribution < 1.29 is 9.53 Å². The Balaban J connectivity index is 2.39. The van der Waals surface area contributed by atoms with E-state index < -0.39 is 0 Å². The summed E-state index contributed by atoms with van der Waals surface area (Å²) >= 11 is 0. The molecule has 0 aromatic carbocycles. The highest BCUT2D eigenvalue weighted by atomic mass is 16.6. The third-order valence-corrected chi connectivity index (χ3v) is 3.22. The van der Waals surface area contributed by atoms with E-state index in [9.17, 15) is 4.79 Å². The fourth-order valence-corrected chi connectivity index (χ4v) is 1.95. The van der Waals surface area contributed by atoms with Crippen molar-refractivity contribution in [3.63, 3.8) is 0 Å². The molecule has 1 aliphatic rings. The maximum absolute atomic E-state index is 11.7. The first-order valence-electron chi connectivity index (χ1n) is 6.16. The standard InChI is InChI=1S/C12H24N2O2/c1-9(2)8-16-12(15)14-5-4-10(3)11(6-13)7-14/h9-11H,4-8,13H2,1-3H3. The van der Waals surface area contributed by atoms with Crippen molar-refractivity contribution in [3.8, 4) is 0 Å². The SMILES string of the molecule is CC(C)COC(=O)N1CCC(C)C(CN)C1. The molecule has 0 aromatic heterocycles. The molecule has 1 fully saturated rings. The molecule has 4 nitrogen and oxygen atoms in total. The second-order valence-corrected chi connectivity index (χ2v) is 5.18. The molecule has 1 amide bonds. The molecule has 2 unspecified atom stereocenters. The van der Waals surface area contributed by atoms with Gasteiger partial charge in [0.2, 0.25) is 0 Å². The predicted octanol–water partition coefficient (Wildman–Crippen LogP) is 1.70. The monoisotopic (exact) mass is 228 g/mol. The first kappa shape index (κ1) is 13.3. The molecule has 0 radical (unpaired) electrons. The van der Waals surface area contributed by atoms with Crippen molar-refractivity contribution in [2.45, 2.75) is 27.2 Å². The van der Waals surface area contributed by atoms with Crippen molar-refractivity contribution in [1.82, 2.24) is 4.90 Å². The highest BCUT2D eigenvalue weighted by Crippen LogP contribution is 2.22. The van der Waals surface area contributed by atoms with Gasteiger partial charge in [-0.05, 0) is 30.7 Å². The molecule has 1 aliphatic heterocycles. The third-order valence-electron chi connectivity index (χ3n) is 3.22. The highest BCUT2D eigenvalue weighted by molar-refractivity contribution is 5.67. The summed E-state index contributed by atoms with van der Waals surface area (Å²) in [4.78, 5) is 13.5. The first-order valence-corrected chi connectivity index (χ1v) is 6.16. The Morgan fingerprint density at radius 2 is 2.25 bits per heavy atom. The summed E-state index contributed by atoms with van der Waals surface area (Å²) in [5.74, 6) is 1.41. The lowest BCUT2D eigenvalue weighted by Crippen LogP contribution is -2.45. The van der Waals surface area contributed by atoms with Crippen molar-refractivity contribution in [3.05, 3.63) is 0 Å². The zero-order valence-electron chi connectivity index (χ0n) is 10.6. The summed E-state index contributed by atoms with van der Waals surface area (Å²) in [7, 11) is 0. The van der Waals surface area contributed by atoms with Crippen LogP contribution in [0.15, 0.2) is 0 Å². The summed E-state index contributed by atoms with van der Waals surface area (Å²) in [5, 5.41) is 0.